The zero-order chi connectivity index (χ0) is 13.8. The van der Waals surface area contributed by atoms with Gasteiger partial charge in [-0.2, -0.15) is 15.2 Å². The normalized spacial score (nSPS) is 9.74. The van der Waals surface area contributed by atoms with Crippen LogP contribution >= 0.6 is 0 Å². The number of nitrogens with zero attached hydrogens (tertiary/aromatic N) is 3. The number of anilines is 1. The lowest BCUT2D eigenvalue weighted by atomic mass is 10.2. The van der Waals surface area contributed by atoms with Crippen molar-refractivity contribution in [2.24, 2.45) is 0 Å². The Kier molecular flexibility index (Phi) is 3.43. The van der Waals surface area contributed by atoms with Crippen molar-refractivity contribution in [3.8, 4) is 23.6 Å². The summed E-state index contributed by atoms with van der Waals surface area (Å²) in [6.07, 6.45) is 1.21. The van der Waals surface area contributed by atoms with E-state index in [2.05, 4.69) is 9.97 Å². The third kappa shape index (κ3) is 2.52. The van der Waals surface area contributed by atoms with E-state index in [9.17, 15) is 4.39 Å². The monoisotopic (exact) mass is 260 g/mol. The maximum atomic E-state index is 13.4. The molecule has 96 valence electrons. The molecule has 2 rings (SSSR count). The highest BCUT2D eigenvalue weighted by Gasteiger charge is 2.11. The predicted molar refractivity (Wildman–Crippen MR) is 64.2 cm³/mol. The van der Waals surface area contributed by atoms with Gasteiger partial charge in [0.15, 0.2) is 5.69 Å². The second-order valence-electron chi connectivity index (χ2n) is 3.46. The molecule has 2 aromatic rings. The lowest BCUT2D eigenvalue weighted by Gasteiger charge is -2.09. The summed E-state index contributed by atoms with van der Waals surface area (Å²) in [4.78, 5) is 7.62. The number of nitrogens with two attached hydrogens (primary N) is 1. The Bertz CT molecular complexity index is 655. The molecule has 0 aliphatic carbocycles. The first-order valence-electron chi connectivity index (χ1n) is 5.17. The summed E-state index contributed by atoms with van der Waals surface area (Å²) in [6, 6.07) is 5.54. The molecule has 7 heteroatoms. The van der Waals surface area contributed by atoms with E-state index in [4.69, 9.17) is 20.5 Å². The highest BCUT2D eigenvalue weighted by Crippen LogP contribution is 2.30. The Labute approximate surface area is 108 Å². The molecule has 19 heavy (non-hydrogen) atoms. The lowest BCUT2D eigenvalue weighted by molar-refractivity contribution is 0.391. The van der Waals surface area contributed by atoms with Crippen LogP contribution in [-0.4, -0.2) is 17.1 Å². The van der Waals surface area contributed by atoms with E-state index in [1.165, 1.54) is 25.6 Å². The van der Waals surface area contributed by atoms with Crippen LogP contribution in [0.25, 0.3) is 0 Å². The molecular formula is C12H9FN4O2. The molecule has 0 spiro atoms. The summed E-state index contributed by atoms with van der Waals surface area (Å²) in [5, 5.41) is 8.62. The van der Waals surface area contributed by atoms with Gasteiger partial charge in [0.25, 0.3) is 0 Å². The van der Waals surface area contributed by atoms with Crippen molar-refractivity contribution in [3.63, 3.8) is 0 Å². The van der Waals surface area contributed by atoms with Gasteiger partial charge in [-0.25, -0.2) is 4.39 Å². The molecule has 6 nitrogen and oxygen atoms in total. The molecule has 0 unspecified atom stereocenters. The molecule has 0 amide bonds. The molecule has 1 aromatic carbocycles. The van der Waals surface area contributed by atoms with E-state index in [-0.39, 0.29) is 28.8 Å². The molecule has 0 saturated heterocycles. The molecule has 0 saturated carbocycles. The fraction of sp³-hybridized carbons (Fsp3) is 0.0833. The van der Waals surface area contributed by atoms with Gasteiger partial charge >= 0.3 is 0 Å². The molecule has 1 heterocycles. The topological polar surface area (TPSA) is 94.0 Å². The first-order valence-corrected chi connectivity index (χ1v) is 5.17. The van der Waals surface area contributed by atoms with Crippen molar-refractivity contribution in [3.05, 3.63) is 35.9 Å². The molecule has 0 atom stereocenters. The van der Waals surface area contributed by atoms with Gasteiger partial charge in [0.05, 0.1) is 12.7 Å². The quantitative estimate of drug-likeness (QED) is 0.905. The molecule has 0 aliphatic rings. The van der Waals surface area contributed by atoms with Crippen LogP contribution in [0.1, 0.15) is 5.56 Å². The summed E-state index contributed by atoms with van der Waals surface area (Å²) >= 11 is 0. The number of rotatable bonds is 3. The van der Waals surface area contributed by atoms with E-state index < -0.39 is 5.82 Å². The van der Waals surface area contributed by atoms with Gasteiger partial charge in [0, 0.05) is 6.07 Å². The Hall–Kier alpha value is -2.88. The van der Waals surface area contributed by atoms with Crippen LogP contribution in [0.4, 0.5) is 10.1 Å². The van der Waals surface area contributed by atoms with Gasteiger partial charge in [-0.05, 0) is 12.1 Å². The van der Waals surface area contributed by atoms with Crippen LogP contribution in [0.5, 0.6) is 17.5 Å². The van der Waals surface area contributed by atoms with Gasteiger partial charge in [-0.1, -0.05) is 0 Å². The number of ether oxygens (including phenoxy) is 2. The first kappa shape index (κ1) is 12.6. The van der Waals surface area contributed by atoms with E-state index in [0.29, 0.717) is 0 Å². The molecule has 0 fully saturated rings. The van der Waals surface area contributed by atoms with Gasteiger partial charge in [0.1, 0.15) is 24.0 Å². The molecule has 1 aromatic heterocycles. The van der Waals surface area contributed by atoms with Crippen molar-refractivity contribution in [2.45, 2.75) is 0 Å². The number of halogens is 1. The average molecular weight is 260 g/mol. The number of hydrogen-bond acceptors (Lipinski definition) is 6. The number of methoxy groups -OCH3 is 1. The second kappa shape index (κ2) is 5.18. The number of hydrogen-bond donors (Lipinski definition) is 1. The van der Waals surface area contributed by atoms with Crippen LogP contribution in [0.2, 0.25) is 0 Å². The van der Waals surface area contributed by atoms with Gasteiger partial charge < -0.3 is 15.2 Å². The van der Waals surface area contributed by atoms with Crippen molar-refractivity contribution < 1.29 is 13.9 Å². The standard InChI is InChI=1S/C12H9FN4O2/c1-18-11-10(15)12(17-6-16-11)19-8-3-2-7(5-14)9(13)4-8/h2-4,6H,15H2,1H3. The van der Waals surface area contributed by atoms with E-state index in [1.54, 1.807) is 6.07 Å². The Balaban J connectivity index is 2.32. The fourth-order valence-corrected chi connectivity index (χ4v) is 1.37. The predicted octanol–water partition coefficient (Wildman–Crippen LogP) is 1.87. The number of nitrogen functional groups attached to an aromatic ring is 1. The zero-order valence-corrected chi connectivity index (χ0v) is 9.92. The number of aromatic nitrogens is 2. The average Bonchev–Trinajstić information content (AvgIpc) is 2.41. The summed E-state index contributed by atoms with van der Waals surface area (Å²) in [5.74, 6) is -0.293. The van der Waals surface area contributed by atoms with Crippen LogP contribution in [0.15, 0.2) is 24.5 Å². The minimum Gasteiger partial charge on any atom is -0.479 e. The SMILES string of the molecule is COc1ncnc(Oc2ccc(C#N)c(F)c2)c1N. The zero-order valence-electron chi connectivity index (χ0n) is 9.92. The summed E-state index contributed by atoms with van der Waals surface area (Å²) in [6.45, 7) is 0. The summed E-state index contributed by atoms with van der Waals surface area (Å²) < 4.78 is 23.6. The van der Waals surface area contributed by atoms with Gasteiger partial charge in [-0.3, -0.25) is 0 Å². The van der Waals surface area contributed by atoms with E-state index >= 15 is 0 Å². The molecule has 0 aliphatic heterocycles. The largest absolute Gasteiger partial charge is 0.479 e. The third-order valence-electron chi connectivity index (χ3n) is 2.28. The summed E-state index contributed by atoms with van der Waals surface area (Å²) in [5.41, 5.74) is 5.75. The molecule has 0 bridgehead atoms. The van der Waals surface area contributed by atoms with Crippen LogP contribution in [0.3, 0.4) is 0 Å². The Morgan fingerprint density at radius 2 is 2.05 bits per heavy atom. The molecular weight excluding hydrogens is 251 g/mol. The highest BCUT2D eigenvalue weighted by atomic mass is 19.1. The summed E-state index contributed by atoms with van der Waals surface area (Å²) in [7, 11) is 1.41. The molecule has 0 radical (unpaired) electrons. The van der Waals surface area contributed by atoms with Crippen LogP contribution in [-0.2, 0) is 0 Å². The minimum atomic E-state index is -0.681. The van der Waals surface area contributed by atoms with E-state index in [0.717, 1.165) is 6.07 Å². The van der Waals surface area contributed by atoms with Crippen molar-refractivity contribution in [2.75, 3.05) is 12.8 Å². The van der Waals surface area contributed by atoms with Crippen molar-refractivity contribution in [1.82, 2.24) is 9.97 Å². The van der Waals surface area contributed by atoms with E-state index in [1.807, 2.05) is 0 Å². The third-order valence-corrected chi connectivity index (χ3v) is 2.28. The minimum absolute atomic E-state index is 0.0518. The second-order valence-corrected chi connectivity index (χ2v) is 3.46. The maximum absolute atomic E-state index is 13.4. The first-order chi connectivity index (χ1) is 9.15. The Morgan fingerprint density at radius 3 is 2.68 bits per heavy atom. The smallest absolute Gasteiger partial charge is 0.249 e. The van der Waals surface area contributed by atoms with Crippen LogP contribution in [0, 0.1) is 17.1 Å². The van der Waals surface area contributed by atoms with Gasteiger partial charge in [-0.15, -0.1) is 0 Å². The van der Waals surface area contributed by atoms with Gasteiger partial charge in [0.2, 0.25) is 11.8 Å². The number of benzene rings is 1. The van der Waals surface area contributed by atoms with Crippen molar-refractivity contribution >= 4 is 5.69 Å². The Morgan fingerprint density at radius 1 is 1.32 bits per heavy atom. The maximum Gasteiger partial charge on any atom is 0.249 e. The highest BCUT2D eigenvalue weighted by molar-refractivity contribution is 5.56. The van der Waals surface area contributed by atoms with Crippen LogP contribution < -0.4 is 15.2 Å². The van der Waals surface area contributed by atoms with Crippen molar-refractivity contribution in [1.29, 1.82) is 5.26 Å². The fourth-order valence-electron chi connectivity index (χ4n) is 1.37. The lowest BCUT2D eigenvalue weighted by Crippen LogP contribution is -2.00. The number of nitriles is 1. The molecule has 2 N–H and O–H groups in total.